The lowest BCUT2D eigenvalue weighted by atomic mass is 10.2. The first-order chi connectivity index (χ1) is 7.55. The first-order valence-corrected chi connectivity index (χ1v) is 6.00. The number of hydrogen-bond donors (Lipinski definition) is 1. The minimum atomic E-state index is -0.462. The first-order valence-electron chi connectivity index (χ1n) is 5.21. The quantitative estimate of drug-likeness (QED) is 0.848. The largest absolute Gasteiger partial charge is 0.376 e. The molecule has 0 amide bonds. The van der Waals surface area contributed by atoms with E-state index in [1.165, 1.54) is 0 Å². The number of aromatic nitrogens is 1. The first kappa shape index (κ1) is 11.8. The Hall–Kier alpha value is -0.650. The van der Waals surface area contributed by atoms with Gasteiger partial charge in [0.05, 0.1) is 31.1 Å². The van der Waals surface area contributed by atoms with Crippen LogP contribution >= 0.6 is 15.9 Å². The average molecular weight is 287 g/mol. The van der Waals surface area contributed by atoms with Gasteiger partial charge in [-0.3, -0.25) is 0 Å². The molecule has 0 saturated carbocycles. The van der Waals surface area contributed by atoms with Gasteiger partial charge in [-0.2, -0.15) is 0 Å². The normalized spacial score (nSPS) is 20.7. The molecule has 16 heavy (non-hydrogen) atoms. The molecule has 1 aromatic heterocycles. The van der Waals surface area contributed by atoms with Gasteiger partial charge >= 0.3 is 0 Å². The van der Waals surface area contributed by atoms with Gasteiger partial charge in [-0.25, -0.2) is 4.98 Å². The number of nitrogens with zero attached hydrogens (tertiary/aromatic N) is 1. The van der Waals surface area contributed by atoms with Gasteiger partial charge in [0, 0.05) is 0 Å². The molecule has 1 fully saturated rings. The molecule has 0 aliphatic carbocycles. The van der Waals surface area contributed by atoms with Crippen molar-refractivity contribution in [1.82, 2.24) is 4.98 Å². The van der Waals surface area contributed by atoms with Crippen molar-refractivity contribution in [2.24, 2.45) is 0 Å². The molecule has 1 aromatic rings. The fourth-order valence-electron chi connectivity index (χ4n) is 1.47. The monoisotopic (exact) mass is 286 g/mol. The summed E-state index contributed by atoms with van der Waals surface area (Å²) < 4.78 is 11.9. The molecule has 0 bridgehead atoms. The molecule has 1 saturated heterocycles. The predicted octanol–water partition coefficient (Wildman–Crippen LogP) is 2.41. The Bertz CT molecular complexity index is 344. The van der Waals surface area contributed by atoms with Crippen LogP contribution in [-0.4, -0.2) is 30.0 Å². The van der Waals surface area contributed by atoms with Crippen LogP contribution in [-0.2, 0) is 9.47 Å². The molecular weight excluding hydrogens is 272 g/mol. The van der Waals surface area contributed by atoms with Crippen LogP contribution in [0.15, 0.2) is 22.9 Å². The van der Waals surface area contributed by atoms with Gasteiger partial charge in [-0.15, -0.1) is 0 Å². The van der Waals surface area contributed by atoms with E-state index in [-0.39, 0.29) is 6.04 Å². The SMILES string of the molecule is CC1(C)OCC(Nc2ccc(Br)nc2)CO1. The summed E-state index contributed by atoms with van der Waals surface area (Å²) in [7, 11) is 0. The zero-order valence-electron chi connectivity index (χ0n) is 9.37. The number of ether oxygens (including phenoxy) is 2. The summed E-state index contributed by atoms with van der Waals surface area (Å²) >= 11 is 3.30. The van der Waals surface area contributed by atoms with Crippen molar-refractivity contribution in [3.63, 3.8) is 0 Å². The summed E-state index contributed by atoms with van der Waals surface area (Å²) in [4.78, 5) is 4.15. The summed E-state index contributed by atoms with van der Waals surface area (Å²) in [5, 5.41) is 3.31. The van der Waals surface area contributed by atoms with Crippen molar-refractivity contribution < 1.29 is 9.47 Å². The van der Waals surface area contributed by atoms with E-state index >= 15 is 0 Å². The molecule has 1 N–H and O–H groups in total. The van der Waals surface area contributed by atoms with E-state index in [2.05, 4.69) is 26.2 Å². The molecule has 4 nitrogen and oxygen atoms in total. The van der Waals surface area contributed by atoms with Gasteiger partial charge in [-0.05, 0) is 41.9 Å². The topological polar surface area (TPSA) is 43.4 Å². The fraction of sp³-hybridized carbons (Fsp3) is 0.545. The van der Waals surface area contributed by atoms with Gasteiger partial charge in [0.1, 0.15) is 4.60 Å². The number of nitrogens with one attached hydrogen (secondary N) is 1. The summed E-state index contributed by atoms with van der Waals surface area (Å²) in [6.07, 6.45) is 1.78. The number of pyridine rings is 1. The summed E-state index contributed by atoms with van der Waals surface area (Å²) in [5.74, 6) is -0.462. The summed E-state index contributed by atoms with van der Waals surface area (Å²) in [6, 6.07) is 4.05. The zero-order valence-corrected chi connectivity index (χ0v) is 11.0. The summed E-state index contributed by atoms with van der Waals surface area (Å²) in [6.45, 7) is 5.13. The maximum atomic E-state index is 5.56. The fourth-order valence-corrected chi connectivity index (χ4v) is 1.71. The van der Waals surface area contributed by atoms with E-state index in [9.17, 15) is 0 Å². The molecule has 2 rings (SSSR count). The third-order valence-electron chi connectivity index (χ3n) is 2.36. The van der Waals surface area contributed by atoms with Crippen LogP contribution in [0.1, 0.15) is 13.8 Å². The van der Waals surface area contributed by atoms with Crippen molar-refractivity contribution in [3.8, 4) is 0 Å². The Morgan fingerprint density at radius 1 is 1.38 bits per heavy atom. The maximum absolute atomic E-state index is 5.56. The number of halogens is 1. The molecule has 0 spiro atoms. The third kappa shape index (κ3) is 3.17. The van der Waals surface area contributed by atoms with Crippen molar-refractivity contribution >= 4 is 21.6 Å². The number of rotatable bonds is 2. The van der Waals surface area contributed by atoms with Crippen LogP contribution in [0.25, 0.3) is 0 Å². The molecule has 5 heteroatoms. The van der Waals surface area contributed by atoms with Crippen LogP contribution in [0.4, 0.5) is 5.69 Å². The smallest absolute Gasteiger partial charge is 0.162 e. The molecule has 2 heterocycles. The van der Waals surface area contributed by atoms with Crippen molar-refractivity contribution in [2.45, 2.75) is 25.7 Å². The second-order valence-electron chi connectivity index (χ2n) is 4.23. The van der Waals surface area contributed by atoms with Crippen molar-refractivity contribution in [1.29, 1.82) is 0 Å². The average Bonchev–Trinajstić information content (AvgIpc) is 2.24. The molecule has 0 radical (unpaired) electrons. The molecular formula is C11H15BrN2O2. The lowest BCUT2D eigenvalue weighted by molar-refractivity contribution is -0.247. The van der Waals surface area contributed by atoms with Crippen LogP contribution < -0.4 is 5.32 Å². The number of hydrogen-bond acceptors (Lipinski definition) is 4. The molecule has 0 atom stereocenters. The zero-order chi connectivity index (χ0) is 11.6. The molecule has 0 unspecified atom stereocenters. The van der Waals surface area contributed by atoms with Crippen molar-refractivity contribution in [2.75, 3.05) is 18.5 Å². The standard InChI is InChI=1S/C11H15BrN2O2/c1-11(2)15-6-9(7-16-11)14-8-3-4-10(12)13-5-8/h3-5,9,14H,6-7H2,1-2H3. The summed E-state index contributed by atoms with van der Waals surface area (Å²) in [5.41, 5.74) is 0.972. The minimum Gasteiger partial charge on any atom is -0.376 e. The Morgan fingerprint density at radius 3 is 2.62 bits per heavy atom. The lowest BCUT2D eigenvalue weighted by Gasteiger charge is -2.35. The Labute approximate surface area is 103 Å². The van der Waals surface area contributed by atoms with E-state index < -0.39 is 5.79 Å². The Morgan fingerprint density at radius 2 is 2.06 bits per heavy atom. The lowest BCUT2D eigenvalue weighted by Crippen LogP contribution is -2.45. The van der Waals surface area contributed by atoms with Gasteiger partial charge in [-0.1, -0.05) is 0 Å². The molecule has 1 aliphatic heterocycles. The van der Waals surface area contributed by atoms with Gasteiger partial charge in [0.25, 0.3) is 0 Å². The van der Waals surface area contributed by atoms with E-state index in [4.69, 9.17) is 9.47 Å². The Kier molecular flexibility index (Phi) is 3.47. The number of anilines is 1. The third-order valence-corrected chi connectivity index (χ3v) is 2.83. The van der Waals surface area contributed by atoms with E-state index in [0.717, 1.165) is 10.3 Å². The highest BCUT2D eigenvalue weighted by Crippen LogP contribution is 2.19. The predicted molar refractivity (Wildman–Crippen MR) is 65.3 cm³/mol. The van der Waals surface area contributed by atoms with Crippen LogP contribution in [0, 0.1) is 0 Å². The van der Waals surface area contributed by atoms with Gasteiger partial charge < -0.3 is 14.8 Å². The van der Waals surface area contributed by atoms with E-state index in [1.54, 1.807) is 6.20 Å². The Balaban J connectivity index is 1.89. The van der Waals surface area contributed by atoms with Crippen LogP contribution in [0.5, 0.6) is 0 Å². The van der Waals surface area contributed by atoms with Crippen LogP contribution in [0.3, 0.4) is 0 Å². The molecule has 1 aliphatic rings. The second kappa shape index (κ2) is 4.69. The minimum absolute atomic E-state index is 0.177. The molecule has 88 valence electrons. The maximum Gasteiger partial charge on any atom is 0.162 e. The van der Waals surface area contributed by atoms with E-state index in [1.807, 2.05) is 26.0 Å². The van der Waals surface area contributed by atoms with Gasteiger partial charge in [0.2, 0.25) is 0 Å². The molecule has 0 aromatic carbocycles. The highest BCUT2D eigenvalue weighted by Gasteiger charge is 2.28. The van der Waals surface area contributed by atoms with Crippen LogP contribution in [0.2, 0.25) is 0 Å². The van der Waals surface area contributed by atoms with E-state index in [0.29, 0.717) is 13.2 Å². The highest BCUT2D eigenvalue weighted by atomic mass is 79.9. The highest BCUT2D eigenvalue weighted by molar-refractivity contribution is 9.10. The van der Waals surface area contributed by atoms with Crippen molar-refractivity contribution in [3.05, 3.63) is 22.9 Å². The van der Waals surface area contributed by atoms with Gasteiger partial charge in [0.15, 0.2) is 5.79 Å². The second-order valence-corrected chi connectivity index (χ2v) is 5.05.